The van der Waals surface area contributed by atoms with E-state index in [1.54, 1.807) is 0 Å². The molecule has 114 valence electrons. The van der Waals surface area contributed by atoms with Gasteiger partial charge in [-0.3, -0.25) is 10.1 Å². The molecule has 0 aromatic heterocycles. The highest BCUT2D eigenvalue weighted by Crippen LogP contribution is 2.15. The molecule has 0 aromatic rings. The van der Waals surface area contributed by atoms with Crippen LogP contribution in [0.25, 0.3) is 0 Å². The normalized spacial score (nSPS) is 12.5. The molecule has 0 aliphatic carbocycles. The minimum Gasteiger partial charge on any atom is -0.264 e. The topological polar surface area (TPSA) is 43.1 Å². The zero-order valence-electron chi connectivity index (χ0n) is 13.0. The summed E-state index contributed by atoms with van der Waals surface area (Å²) in [5.74, 6) is 0. The van der Waals surface area contributed by atoms with Gasteiger partial charge in [-0.2, -0.15) is 0 Å². The van der Waals surface area contributed by atoms with Crippen molar-refractivity contribution in [3.8, 4) is 0 Å². The van der Waals surface area contributed by atoms with E-state index in [2.05, 4.69) is 13.8 Å². The van der Waals surface area contributed by atoms with Gasteiger partial charge in [0.15, 0.2) is 0 Å². The van der Waals surface area contributed by atoms with Gasteiger partial charge < -0.3 is 0 Å². The predicted molar refractivity (Wildman–Crippen MR) is 82.2 cm³/mol. The maximum absolute atomic E-state index is 10.9. The van der Waals surface area contributed by atoms with Gasteiger partial charge in [-0.05, 0) is 12.8 Å². The van der Waals surface area contributed by atoms with Crippen molar-refractivity contribution >= 4 is 0 Å². The Bertz CT molecular complexity index is 207. The van der Waals surface area contributed by atoms with Crippen LogP contribution in [0.4, 0.5) is 0 Å². The molecule has 0 saturated carbocycles. The van der Waals surface area contributed by atoms with E-state index in [0.29, 0.717) is 0 Å². The van der Waals surface area contributed by atoms with Crippen LogP contribution in [0.1, 0.15) is 97.3 Å². The van der Waals surface area contributed by atoms with Crippen LogP contribution in [-0.2, 0) is 0 Å². The Kier molecular flexibility index (Phi) is 13.4. The first-order valence-electron chi connectivity index (χ1n) is 8.35. The van der Waals surface area contributed by atoms with E-state index in [4.69, 9.17) is 0 Å². The first-order valence-corrected chi connectivity index (χ1v) is 8.35. The second kappa shape index (κ2) is 13.8. The lowest BCUT2D eigenvalue weighted by Crippen LogP contribution is -2.19. The molecule has 0 fully saturated rings. The highest BCUT2D eigenvalue weighted by Gasteiger charge is 2.18. The van der Waals surface area contributed by atoms with E-state index in [0.717, 1.165) is 38.5 Å². The molecular weight excluding hydrogens is 238 g/mol. The molecule has 0 rings (SSSR count). The third kappa shape index (κ3) is 12.2. The fourth-order valence-corrected chi connectivity index (χ4v) is 2.50. The Balaban J connectivity index is 3.45. The van der Waals surface area contributed by atoms with Crippen LogP contribution in [0.3, 0.4) is 0 Å². The monoisotopic (exact) mass is 271 g/mol. The van der Waals surface area contributed by atoms with Crippen LogP contribution in [0.2, 0.25) is 0 Å². The summed E-state index contributed by atoms with van der Waals surface area (Å²) in [7, 11) is 0. The smallest absolute Gasteiger partial charge is 0.213 e. The van der Waals surface area contributed by atoms with Crippen LogP contribution in [0.15, 0.2) is 0 Å². The number of rotatable bonds is 14. The van der Waals surface area contributed by atoms with Gasteiger partial charge in [0.1, 0.15) is 0 Å². The zero-order valence-corrected chi connectivity index (χ0v) is 13.0. The zero-order chi connectivity index (χ0) is 14.3. The van der Waals surface area contributed by atoms with Gasteiger partial charge in [0.2, 0.25) is 6.04 Å². The van der Waals surface area contributed by atoms with Crippen molar-refractivity contribution in [2.75, 3.05) is 0 Å². The third-order valence-electron chi connectivity index (χ3n) is 3.83. The largest absolute Gasteiger partial charge is 0.264 e. The molecule has 0 aliphatic heterocycles. The van der Waals surface area contributed by atoms with Crippen molar-refractivity contribution < 1.29 is 4.92 Å². The minimum absolute atomic E-state index is 0.0586. The van der Waals surface area contributed by atoms with Crippen LogP contribution in [0.5, 0.6) is 0 Å². The summed E-state index contributed by atoms with van der Waals surface area (Å²) in [6.45, 7) is 4.37. The molecule has 0 saturated heterocycles. The number of hydrogen-bond acceptors (Lipinski definition) is 2. The number of nitro groups is 1. The summed E-state index contributed by atoms with van der Waals surface area (Å²) >= 11 is 0. The van der Waals surface area contributed by atoms with Gasteiger partial charge in [-0.25, -0.2) is 0 Å². The average molecular weight is 271 g/mol. The first kappa shape index (κ1) is 18.4. The Morgan fingerprint density at radius 1 is 0.737 bits per heavy atom. The molecule has 0 spiro atoms. The predicted octanol–water partition coefficient (Wildman–Crippen LogP) is 5.74. The quantitative estimate of drug-likeness (QED) is 0.229. The van der Waals surface area contributed by atoms with Gasteiger partial charge in [-0.1, -0.05) is 71.6 Å². The molecule has 0 N–H and O–H groups in total. The number of hydrogen-bond donors (Lipinski definition) is 0. The summed E-state index contributed by atoms with van der Waals surface area (Å²) in [5.41, 5.74) is 0. The summed E-state index contributed by atoms with van der Waals surface area (Å²) in [6, 6.07) is -0.286. The van der Waals surface area contributed by atoms with Crippen LogP contribution < -0.4 is 0 Å². The van der Waals surface area contributed by atoms with Crippen molar-refractivity contribution in [3.05, 3.63) is 10.1 Å². The lowest BCUT2D eigenvalue weighted by atomic mass is 10.0. The number of unbranched alkanes of at least 4 members (excludes halogenated alkanes) is 9. The molecule has 1 unspecified atom stereocenters. The fraction of sp³-hybridized carbons (Fsp3) is 1.00. The van der Waals surface area contributed by atoms with E-state index in [1.807, 2.05) is 0 Å². The van der Waals surface area contributed by atoms with Gasteiger partial charge in [0, 0.05) is 17.8 Å². The maximum atomic E-state index is 10.9. The fourth-order valence-electron chi connectivity index (χ4n) is 2.50. The Labute approximate surface area is 119 Å². The molecule has 0 aromatic carbocycles. The molecule has 0 amide bonds. The number of nitrogens with zero attached hydrogens (tertiary/aromatic N) is 1. The second-order valence-electron chi connectivity index (χ2n) is 5.70. The van der Waals surface area contributed by atoms with Crippen LogP contribution in [-0.4, -0.2) is 11.0 Å². The molecule has 0 radical (unpaired) electrons. The van der Waals surface area contributed by atoms with E-state index in [-0.39, 0.29) is 11.0 Å². The Morgan fingerprint density at radius 2 is 1.11 bits per heavy atom. The van der Waals surface area contributed by atoms with Gasteiger partial charge >= 0.3 is 0 Å². The Hall–Kier alpha value is -0.600. The highest BCUT2D eigenvalue weighted by molar-refractivity contribution is 4.58. The molecule has 3 nitrogen and oxygen atoms in total. The maximum Gasteiger partial charge on any atom is 0.213 e. The third-order valence-corrected chi connectivity index (χ3v) is 3.83. The molecule has 0 bridgehead atoms. The molecule has 19 heavy (non-hydrogen) atoms. The van der Waals surface area contributed by atoms with Crippen molar-refractivity contribution in [2.45, 2.75) is 103 Å². The lowest BCUT2D eigenvalue weighted by Gasteiger charge is -2.09. The first-order chi connectivity index (χ1) is 9.22. The molecule has 0 heterocycles. The minimum atomic E-state index is -0.286. The standard InChI is InChI=1S/C16H33NO2/c1-3-5-7-8-9-10-11-13-15-16(17(18)19)14-12-6-4-2/h16H,3-15H2,1-2H3. The summed E-state index contributed by atoms with van der Waals surface area (Å²) in [6.07, 6.45) is 14.9. The van der Waals surface area contributed by atoms with Crippen molar-refractivity contribution in [1.82, 2.24) is 0 Å². The van der Waals surface area contributed by atoms with E-state index >= 15 is 0 Å². The summed E-state index contributed by atoms with van der Waals surface area (Å²) < 4.78 is 0. The van der Waals surface area contributed by atoms with E-state index < -0.39 is 0 Å². The molecule has 3 heteroatoms. The van der Waals surface area contributed by atoms with E-state index in [9.17, 15) is 10.1 Å². The van der Waals surface area contributed by atoms with Crippen molar-refractivity contribution in [1.29, 1.82) is 0 Å². The van der Waals surface area contributed by atoms with Crippen molar-refractivity contribution in [2.24, 2.45) is 0 Å². The second-order valence-corrected chi connectivity index (χ2v) is 5.70. The van der Waals surface area contributed by atoms with Crippen molar-refractivity contribution in [3.63, 3.8) is 0 Å². The SMILES string of the molecule is CCCCCCCCCCC(CCCCC)[N+](=O)[O-]. The summed E-state index contributed by atoms with van der Waals surface area (Å²) in [5, 5.41) is 10.9. The van der Waals surface area contributed by atoms with E-state index in [1.165, 1.54) is 44.9 Å². The Morgan fingerprint density at radius 3 is 1.58 bits per heavy atom. The molecule has 0 aliphatic rings. The lowest BCUT2D eigenvalue weighted by molar-refractivity contribution is -0.524. The van der Waals surface area contributed by atoms with Crippen LogP contribution in [0, 0.1) is 10.1 Å². The van der Waals surface area contributed by atoms with Gasteiger partial charge in [-0.15, -0.1) is 0 Å². The molecule has 1 atom stereocenters. The summed E-state index contributed by atoms with van der Waals surface area (Å²) in [4.78, 5) is 10.9. The highest BCUT2D eigenvalue weighted by atomic mass is 16.6. The molecular formula is C16H33NO2. The van der Waals surface area contributed by atoms with Gasteiger partial charge in [0.05, 0.1) is 0 Å². The van der Waals surface area contributed by atoms with Crippen LogP contribution >= 0.6 is 0 Å². The van der Waals surface area contributed by atoms with Gasteiger partial charge in [0.25, 0.3) is 0 Å². The average Bonchev–Trinajstić information content (AvgIpc) is 2.39.